The van der Waals surface area contributed by atoms with E-state index in [2.05, 4.69) is 0 Å². The molecule has 4 N–H and O–H groups in total. The molecule has 11 heteroatoms. The average Bonchev–Trinajstić information content (AvgIpc) is 2.66. The smallest absolute Gasteiger partial charge is 0.343 e. The van der Waals surface area contributed by atoms with Gasteiger partial charge in [-0.2, -0.15) is 8.42 Å². The standard InChI is InChI=1S/C18H13N3O4.CH4O3S/c19-17(20)14-2-1-13-10-16(8-5-12(13)9-14)25-18(22)11-3-6-15(7-4-11)21(23)24;1-5(2,3)4/h1-10H,(H3,19,20);1H3,(H,2,3,4). The van der Waals surface area contributed by atoms with E-state index in [1.807, 2.05) is 0 Å². The van der Waals surface area contributed by atoms with Crippen molar-refractivity contribution in [3.63, 3.8) is 0 Å². The summed E-state index contributed by atoms with van der Waals surface area (Å²) in [5.41, 5.74) is 6.21. The molecule has 3 rings (SSSR count). The van der Waals surface area contributed by atoms with Crippen LogP contribution < -0.4 is 10.5 Å². The molecule has 0 aliphatic rings. The molecule has 30 heavy (non-hydrogen) atoms. The number of esters is 1. The van der Waals surface area contributed by atoms with Crippen LogP contribution >= 0.6 is 0 Å². The van der Waals surface area contributed by atoms with E-state index in [0.29, 0.717) is 17.6 Å². The molecule has 0 aromatic heterocycles. The second-order valence-electron chi connectivity index (χ2n) is 6.06. The van der Waals surface area contributed by atoms with Gasteiger partial charge >= 0.3 is 5.97 Å². The maximum Gasteiger partial charge on any atom is 0.343 e. The molecular weight excluding hydrogens is 414 g/mol. The second-order valence-corrected chi connectivity index (χ2v) is 7.53. The Morgan fingerprint density at radius 2 is 1.53 bits per heavy atom. The predicted octanol–water partition coefficient (Wildman–Crippen LogP) is 2.76. The zero-order valence-corrected chi connectivity index (χ0v) is 16.4. The van der Waals surface area contributed by atoms with Crippen LogP contribution in [-0.4, -0.2) is 36.0 Å². The third-order valence-corrected chi connectivity index (χ3v) is 3.65. The van der Waals surface area contributed by atoms with Gasteiger partial charge in [0.25, 0.3) is 15.8 Å². The van der Waals surface area contributed by atoms with Crippen molar-refractivity contribution in [2.45, 2.75) is 0 Å². The summed E-state index contributed by atoms with van der Waals surface area (Å²) in [6, 6.07) is 15.6. The molecule has 0 radical (unpaired) electrons. The first-order chi connectivity index (χ1) is 13.9. The summed E-state index contributed by atoms with van der Waals surface area (Å²) in [5, 5.41) is 19.8. The lowest BCUT2D eigenvalue weighted by molar-refractivity contribution is -0.384. The summed E-state index contributed by atoms with van der Waals surface area (Å²) in [7, 11) is -3.67. The van der Waals surface area contributed by atoms with Gasteiger partial charge in [-0.1, -0.05) is 18.2 Å². The fourth-order valence-electron chi connectivity index (χ4n) is 2.34. The number of nitrogens with zero attached hydrogens (tertiary/aromatic N) is 1. The Morgan fingerprint density at radius 3 is 2.07 bits per heavy atom. The molecule has 0 unspecified atom stereocenters. The molecule has 0 amide bonds. The Morgan fingerprint density at radius 1 is 1.03 bits per heavy atom. The number of non-ortho nitro benzene ring substituents is 1. The molecule has 0 aliphatic carbocycles. The fourth-order valence-corrected chi connectivity index (χ4v) is 2.34. The second kappa shape index (κ2) is 9.11. The van der Waals surface area contributed by atoms with Crippen LogP contribution in [0.25, 0.3) is 10.8 Å². The number of carbonyl (C=O) groups excluding carboxylic acids is 1. The zero-order valence-electron chi connectivity index (χ0n) is 15.6. The maximum atomic E-state index is 12.1. The number of fused-ring (bicyclic) bond motifs is 1. The third kappa shape index (κ3) is 6.65. The summed E-state index contributed by atoms with van der Waals surface area (Å²) < 4.78 is 31.2. The lowest BCUT2D eigenvalue weighted by Gasteiger charge is -2.07. The summed E-state index contributed by atoms with van der Waals surface area (Å²) in [6.07, 6.45) is 0.715. The van der Waals surface area contributed by atoms with Gasteiger partial charge in [0.05, 0.1) is 16.7 Å². The van der Waals surface area contributed by atoms with Crippen molar-refractivity contribution in [2.24, 2.45) is 5.73 Å². The van der Waals surface area contributed by atoms with Gasteiger partial charge in [0.15, 0.2) is 0 Å². The van der Waals surface area contributed by atoms with Crippen molar-refractivity contribution in [3.05, 3.63) is 81.9 Å². The molecule has 0 fully saturated rings. The minimum absolute atomic E-state index is 0.0180. The SMILES string of the molecule is CS(=O)(=O)O.N=C(N)c1ccc2cc(OC(=O)c3ccc([N+](=O)[O-])cc3)ccc2c1. The summed E-state index contributed by atoms with van der Waals surface area (Å²) in [5.74, 6) is -0.267. The van der Waals surface area contributed by atoms with E-state index in [0.717, 1.165) is 10.8 Å². The Bertz CT molecular complexity index is 1210. The van der Waals surface area contributed by atoms with Crippen LogP contribution in [0.3, 0.4) is 0 Å². The van der Waals surface area contributed by atoms with Crippen molar-refractivity contribution in [1.29, 1.82) is 5.41 Å². The fraction of sp³-hybridized carbons (Fsp3) is 0.0526. The van der Waals surface area contributed by atoms with Crippen LogP contribution in [0.5, 0.6) is 5.75 Å². The first-order valence-corrected chi connectivity index (χ1v) is 10.1. The van der Waals surface area contributed by atoms with Gasteiger partial charge in [0.2, 0.25) is 0 Å². The molecule has 0 heterocycles. The highest BCUT2D eigenvalue weighted by atomic mass is 32.2. The highest BCUT2D eigenvalue weighted by Gasteiger charge is 2.12. The number of nitrogen functional groups attached to an aromatic ring is 1. The monoisotopic (exact) mass is 431 g/mol. The van der Waals surface area contributed by atoms with E-state index in [9.17, 15) is 23.3 Å². The molecule has 3 aromatic carbocycles. The number of carbonyl (C=O) groups is 1. The number of benzene rings is 3. The number of hydrogen-bond acceptors (Lipinski definition) is 7. The first-order valence-electron chi connectivity index (χ1n) is 8.21. The molecule has 0 bridgehead atoms. The lowest BCUT2D eigenvalue weighted by atomic mass is 10.1. The van der Waals surface area contributed by atoms with Crippen molar-refractivity contribution < 1.29 is 27.4 Å². The lowest BCUT2D eigenvalue weighted by Crippen LogP contribution is -2.10. The van der Waals surface area contributed by atoms with Gasteiger partial charge in [-0.05, 0) is 41.1 Å². The number of amidine groups is 1. The molecule has 0 atom stereocenters. The van der Waals surface area contributed by atoms with E-state index in [1.165, 1.54) is 24.3 Å². The summed E-state index contributed by atoms with van der Waals surface area (Å²) in [6.45, 7) is 0. The van der Waals surface area contributed by atoms with Crippen molar-refractivity contribution in [2.75, 3.05) is 6.26 Å². The summed E-state index contributed by atoms with van der Waals surface area (Å²) in [4.78, 5) is 22.2. The van der Waals surface area contributed by atoms with Gasteiger partial charge in [0.1, 0.15) is 11.6 Å². The van der Waals surface area contributed by atoms with Gasteiger partial charge in [-0.25, -0.2) is 4.79 Å². The van der Waals surface area contributed by atoms with Crippen LogP contribution in [0, 0.1) is 15.5 Å². The number of nitro groups is 1. The normalized spacial score (nSPS) is 10.6. The molecule has 0 spiro atoms. The molecule has 0 saturated carbocycles. The van der Waals surface area contributed by atoms with Crippen LogP contribution in [0.15, 0.2) is 60.7 Å². The quantitative estimate of drug-likeness (QED) is 0.107. The number of nitrogens with two attached hydrogens (primary N) is 1. The number of ether oxygens (including phenoxy) is 1. The molecular formula is C19H17N3O7S. The van der Waals surface area contributed by atoms with Gasteiger partial charge in [-0.15, -0.1) is 0 Å². The largest absolute Gasteiger partial charge is 0.423 e. The maximum absolute atomic E-state index is 12.1. The molecule has 10 nitrogen and oxygen atoms in total. The van der Waals surface area contributed by atoms with E-state index >= 15 is 0 Å². The minimum atomic E-state index is -3.67. The highest BCUT2D eigenvalue weighted by Crippen LogP contribution is 2.23. The van der Waals surface area contributed by atoms with E-state index in [1.54, 1.807) is 36.4 Å². The Hall–Kier alpha value is -3.83. The number of nitro benzene ring substituents is 1. The Labute approximate surface area is 171 Å². The van der Waals surface area contributed by atoms with Crippen molar-refractivity contribution in [1.82, 2.24) is 0 Å². The minimum Gasteiger partial charge on any atom is -0.423 e. The Kier molecular flexibility index (Phi) is 6.82. The number of nitrogens with one attached hydrogen (secondary N) is 1. The van der Waals surface area contributed by atoms with Gasteiger partial charge in [-0.3, -0.25) is 20.1 Å². The van der Waals surface area contributed by atoms with Gasteiger partial charge in [0, 0.05) is 17.7 Å². The predicted molar refractivity (Wildman–Crippen MR) is 110 cm³/mol. The number of rotatable bonds is 4. The van der Waals surface area contributed by atoms with E-state index in [-0.39, 0.29) is 17.1 Å². The van der Waals surface area contributed by atoms with Crippen LogP contribution in [0.2, 0.25) is 0 Å². The van der Waals surface area contributed by atoms with Crippen LogP contribution in [-0.2, 0) is 10.1 Å². The van der Waals surface area contributed by atoms with Crippen LogP contribution in [0.4, 0.5) is 5.69 Å². The Balaban J connectivity index is 0.000000575. The van der Waals surface area contributed by atoms with Crippen molar-refractivity contribution >= 4 is 38.4 Å². The van der Waals surface area contributed by atoms with Gasteiger partial charge < -0.3 is 10.5 Å². The first kappa shape index (κ1) is 22.5. The zero-order chi connectivity index (χ0) is 22.5. The van der Waals surface area contributed by atoms with Crippen molar-refractivity contribution in [3.8, 4) is 5.75 Å². The van der Waals surface area contributed by atoms with E-state index < -0.39 is 21.0 Å². The summed E-state index contributed by atoms with van der Waals surface area (Å²) >= 11 is 0. The molecule has 156 valence electrons. The third-order valence-electron chi connectivity index (χ3n) is 3.65. The van der Waals surface area contributed by atoms with E-state index in [4.69, 9.17) is 20.4 Å². The average molecular weight is 431 g/mol. The molecule has 0 aliphatic heterocycles. The van der Waals surface area contributed by atoms with Crippen LogP contribution in [0.1, 0.15) is 15.9 Å². The molecule has 0 saturated heterocycles. The number of hydrogen-bond donors (Lipinski definition) is 3. The topological polar surface area (TPSA) is 174 Å². The molecule has 3 aromatic rings. The highest BCUT2D eigenvalue weighted by molar-refractivity contribution is 7.85.